The average Bonchev–Trinajstić information content (AvgIpc) is 2.79. The Morgan fingerprint density at radius 1 is 1.39 bits per heavy atom. The van der Waals surface area contributed by atoms with Crippen molar-refractivity contribution < 1.29 is 8.91 Å². The fraction of sp³-hybridized carbons (Fsp3) is 0.333. The Labute approximate surface area is 112 Å². The van der Waals surface area contributed by atoms with E-state index >= 15 is 0 Å². The maximum absolute atomic E-state index is 13.1. The number of aromatic nitrogens is 2. The van der Waals surface area contributed by atoms with Crippen LogP contribution in [0.15, 0.2) is 27.2 Å². The minimum absolute atomic E-state index is 0.326. The molecule has 2 N–H and O–H groups in total. The first-order valence-electron chi connectivity index (χ1n) is 5.67. The van der Waals surface area contributed by atoms with Gasteiger partial charge in [-0.15, -0.1) is 0 Å². The molecule has 0 radical (unpaired) electrons. The number of hydrogen-bond donors (Lipinski definition) is 1. The topological polar surface area (TPSA) is 64.9 Å². The van der Waals surface area contributed by atoms with Crippen molar-refractivity contribution in [3.05, 3.63) is 34.3 Å². The van der Waals surface area contributed by atoms with Gasteiger partial charge in [0, 0.05) is 5.56 Å². The largest absolute Gasteiger partial charge is 0.334 e. The van der Waals surface area contributed by atoms with Crippen LogP contribution in [0.25, 0.3) is 11.5 Å². The highest BCUT2D eigenvalue weighted by Crippen LogP contribution is 2.37. The summed E-state index contributed by atoms with van der Waals surface area (Å²) in [5.41, 5.74) is 6.34. The quantitative estimate of drug-likeness (QED) is 0.926. The molecule has 1 heterocycles. The van der Waals surface area contributed by atoms with Crippen LogP contribution in [0.3, 0.4) is 0 Å². The Kier molecular flexibility index (Phi) is 2.71. The maximum Gasteiger partial charge on any atom is 0.258 e. The molecule has 0 spiro atoms. The summed E-state index contributed by atoms with van der Waals surface area (Å²) < 4.78 is 18.7. The fourth-order valence-corrected chi connectivity index (χ4v) is 2.33. The van der Waals surface area contributed by atoms with Crippen LogP contribution in [-0.2, 0) is 5.54 Å². The lowest BCUT2D eigenvalue weighted by atomic mass is 9.77. The second kappa shape index (κ2) is 4.13. The van der Waals surface area contributed by atoms with E-state index in [9.17, 15) is 4.39 Å². The molecule has 1 aliphatic rings. The molecule has 2 aromatic rings. The van der Waals surface area contributed by atoms with Crippen LogP contribution in [0.5, 0.6) is 0 Å². The predicted octanol–water partition coefficient (Wildman–Crippen LogP) is 2.98. The van der Waals surface area contributed by atoms with Crippen molar-refractivity contribution in [3.63, 3.8) is 0 Å². The van der Waals surface area contributed by atoms with Crippen molar-refractivity contribution in [1.29, 1.82) is 0 Å². The van der Waals surface area contributed by atoms with E-state index in [4.69, 9.17) is 10.3 Å². The zero-order valence-electron chi connectivity index (χ0n) is 9.49. The Balaban J connectivity index is 1.95. The number of hydrogen-bond acceptors (Lipinski definition) is 4. The summed E-state index contributed by atoms with van der Waals surface area (Å²) in [5.74, 6) is 0.569. The van der Waals surface area contributed by atoms with E-state index in [1.54, 1.807) is 12.1 Å². The lowest BCUT2D eigenvalue weighted by molar-refractivity contribution is 0.229. The first kappa shape index (κ1) is 11.8. The van der Waals surface area contributed by atoms with Crippen molar-refractivity contribution in [2.24, 2.45) is 5.73 Å². The third-order valence-electron chi connectivity index (χ3n) is 3.28. The van der Waals surface area contributed by atoms with E-state index in [1.165, 1.54) is 6.07 Å². The van der Waals surface area contributed by atoms with E-state index in [-0.39, 0.29) is 5.82 Å². The molecule has 1 aliphatic carbocycles. The molecule has 6 heteroatoms. The Bertz CT molecular complexity index is 595. The number of nitrogens with two attached hydrogens (primary N) is 1. The van der Waals surface area contributed by atoms with Crippen molar-refractivity contribution >= 4 is 15.9 Å². The monoisotopic (exact) mass is 311 g/mol. The van der Waals surface area contributed by atoms with E-state index in [0.717, 1.165) is 19.3 Å². The van der Waals surface area contributed by atoms with Crippen LogP contribution < -0.4 is 5.73 Å². The predicted molar refractivity (Wildman–Crippen MR) is 67.1 cm³/mol. The van der Waals surface area contributed by atoms with Gasteiger partial charge in [-0.1, -0.05) is 5.16 Å². The molecule has 1 aromatic carbocycles. The van der Waals surface area contributed by atoms with Gasteiger partial charge in [0.15, 0.2) is 5.82 Å². The highest BCUT2D eigenvalue weighted by atomic mass is 79.9. The summed E-state index contributed by atoms with van der Waals surface area (Å²) in [5, 5.41) is 3.92. The van der Waals surface area contributed by atoms with Gasteiger partial charge < -0.3 is 10.3 Å². The molecular formula is C12H11BrFN3O. The summed E-state index contributed by atoms with van der Waals surface area (Å²) >= 11 is 3.12. The first-order chi connectivity index (χ1) is 8.58. The summed E-state index contributed by atoms with van der Waals surface area (Å²) in [4.78, 5) is 4.30. The molecule has 0 unspecified atom stereocenters. The normalized spacial score (nSPS) is 17.5. The molecule has 0 saturated heterocycles. The van der Waals surface area contributed by atoms with Crippen molar-refractivity contribution in [2.45, 2.75) is 24.8 Å². The van der Waals surface area contributed by atoms with Crippen molar-refractivity contribution in [2.75, 3.05) is 0 Å². The van der Waals surface area contributed by atoms with Gasteiger partial charge >= 0.3 is 0 Å². The van der Waals surface area contributed by atoms with Gasteiger partial charge in [-0.3, -0.25) is 0 Å². The molecule has 0 aliphatic heterocycles. The summed E-state index contributed by atoms with van der Waals surface area (Å²) in [6, 6.07) is 4.56. The van der Waals surface area contributed by atoms with E-state index in [2.05, 4.69) is 26.1 Å². The first-order valence-corrected chi connectivity index (χ1v) is 6.46. The Morgan fingerprint density at radius 3 is 2.78 bits per heavy atom. The van der Waals surface area contributed by atoms with Crippen molar-refractivity contribution in [1.82, 2.24) is 10.1 Å². The van der Waals surface area contributed by atoms with Crippen LogP contribution in [0.1, 0.15) is 25.1 Å². The average molecular weight is 312 g/mol. The molecule has 0 atom stereocenters. The van der Waals surface area contributed by atoms with Crippen LogP contribution >= 0.6 is 15.9 Å². The SMILES string of the molecule is NC1(c2noc(-c3ccc(F)c(Br)c3)n2)CCC1. The lowest BCUT2D eigenvalue weighted by Crippen LogP contribution is -2.44. The molecule has 1 saturated carbocycles. The molecule has 1 fully saturated rings. The van der Waals surface area contributed by atoms with E-state index in [1.807, 2.05) is 0 Å². The van der Waals surface area contributed by atoms with E-state index in [0.29, 0.717) is 21.8 Å². The molecule has 3 rings (SSSR count). The smallest absolute Gasteiger partial charge is 0.258 e. The molecule has 1 aromatic heterocycles. The zero-order chi connectivity index (χ0) is 12.8. The van der Waals surface area contributed by atoms with E-state index < -0.39 is 5.54 Å². The van der Waals surface area contributed by atoms with Crippen LogP contribution in [-0.4, -0.2) is 10.1 Å². The third kappa shape index (κ3) is 1.85. The number of nitrogens with zero attached hydrogens (tertiary/aromatic N) is 2. The maximum atomic E-state index is 13.1. The molecule has 4 nitrogen and oxygen atoms in total. The Hall–Kier alpha value is -1.27. The van der Waals surface area contributed by atoms with Gasteiger partial charge in [0.05, 0.1) is 10.0 Å². The second-order valence-corrected chi connectivity index (χ2v) is 5.42. The minimum Gasteiger partial charge on any atom is -0.334 e. The van der Waals surface area contributed by atoms with Gasteiger partial charge in [0.1, 0.15) is 5.82 Å². The molecule has 94 valence electrons. The van der Waals surface area contributed by atoms with Crippen LogP contribution in [0, 0.1) is 5.82 Å². The summed E-state index contributed by atoms with van der Waals surface area (Å²) in [6.07, 6.45) is 2.83. The molecular weight excluding hydrogens is 301 g/mol. The minimum atomic E-state index is -0.445. The Morgan fingerprint density at radius 2 is 2.17 bits per heavy atom. The summed E-state index contributed by atoms with van der Waals surface area (Å²) in [6.45, 7) is 0. The van der Waals surface area contributed by atoms with Gasteiger partial charge in [0.25, 0.3) is 5.89 Å². The van der Waals surface area contributed by atoms with Crippen LogP contribution in [0.2, 0.25) is 0 Å². The number of halogens is 2. The fourth-order valence-electron chi connectivity index (χ4n) is 1.95. The zero-order valence-corrected chi connectivity index (χ0v) is 11.1. The number of rotatable bonds is 2. The lowest BCUT2D eigenvalue weighted by Gasteiger charge is -2.34. The van der Waals surface area contributed by atoms with Crippen LogP contribution in [0.4, 0.5) is 4.39 Å². The number of benzene rings is 1. The molecule has 0 amide bonds. The highest BCUT2D eigenvalue weighted by molar-refractivity contribution is 9.10. The van der Waals surface area contributed by atoms with Crippen molar-refractivity contribution in [3.8, 4) is 11.5 Å². The standard InChI is InChI=1S/C12H11BrFN3O/c13-8-6-7(2-3-9(8)14)10-16-11(17-18-10)12(15)4-1-5-12/h2-3,6H,1,4-5,15H2. The molecule has 0 bridgehead atoms. The second-order valence-electron chi connectivity index (χ2n) is 4.56. The van der Waals surface area contributed by atoms with Gasteiger partial charge in [-0.05, 0) is 53.4 Å². The van der Waals surface area contributed by atoms with Gasteiger partial charge in [0.2, 0.25) is 0 Å². The third-order valence-corrected chi connectivity index (χ3v) is 3.89. The van der Waals surface area contributed by atoms with Gasteiger partial charge in [-0.2, -0.15) is 4.98 Å². The van der Waals surface area contributed by atoms with Gasteiger partial charge in [-0.25, -0.2) is 4.39 Å². The molecule has 18 heavy (non-hydrogen) atoms. The highest BCUT2D eigenvalue weighted by Gasteiger charge is 2.39. The summed E-state index contributed by atoms with van der Waals surface area (Å²) in [7, 11) is 0.